The zero-order chi connectivity index (χ0) is 13.1. The molecule has 106 valence electrons. The van der Waals surface area contributed by atoms with Crippen LogP contribution in [0, 0.1) is 17.8 Å². The van der Waals surface area contributed by atoms with E-state index in [1.807, 2.05) is 0 Å². The van der Waals surface area contributed by atoms with E-state index in [0.717, 1.165) is 29.8 Å². The van der Waals surface area contributed by atoms with Crippen LogP contribution in [0.5, 0.6) is 0 Å². The van der Waals surface area contributed by atoms with Crippen molar-refractivity contribution in [3.8, 4) is 0 Å². The van der Waals surface area contributed by atoms with Gasteiger partial charge in [-0.15, -0.1) is 0 Å². The molecule has 1 heterocycles. The van der Waals surface area contributed by atoms with Gasteiger partial charge in [-0.2, -0.15) is 0 Å². The minimum atomic E-state index is 0.760. The molecule has 1 saturated heterocycles. The summed E-state index contributed by atoms with van der Waals surface area (Å²) in [6, 6.07) is 1.54. The Morgan fingerprint density at radius 1 is 1.17 bits per heavy atom. The first-order valence-corrected chi connectivity index (χ1v) is 8.03. The first kappa shape index (κ1) is 14.3. The van der Waals surface area contributed by atoms with E-state index >= 15 is 0 Å². The maximum atomic E-state index is 3.78. The predicted molar refractivity (Wildman–Crippen MR) is 78.8 cm³/mol. The normalized spacial score (nSPS) is 32.5. The third kappa shape index (κ3) is 4.24. The van der Waals surface area contributed by atoms with Crippen molar-refractivity contribution in [2.24, 2.45) is 17.8 Å². The van der Waals surface area contributed by atoms with Gasteiger partial charge in [0.1, 0.15) is 0 Å². The van der Waals surface area contributed by atoms with Crippen LogP contribution in [0.1, 0.15) is 53.4 Å². The summed E-state index contributed by atoms with van der Waals surface area (Å²) in [5.41, 5.74) is 0. The molecule has 1 aliphatic heterocycles. The van der Waals surface area contributed by atoms with Gasteiger partial charge in [-0.05, 0) is 56.9 Å². The van der Waals surface area contributed by atoms with Gasteiger partial charge in [0, 0.05) is 25.2 Å². The van der Waals surface area contributed by atoms with Crippen molar-refractivity contribution in [1.29, 1.82) is 0 Å². The molecule has 2 nitrogen and oxygen atoms in total. The molecule has 0 radical (unpaired) electrons. The highest BCUT2D eigenvalue weighted by Crippen LogP contribution is 2.34. The summed E-state index contributed by atoms with van der Waals surface area (Å²) in [4.78, 5) is 2.76. The molecular weight excluding hydrogens is 220 g/mol. The molecule has 0 amide bonds. The van der Waals surface area contributed by atoms with Crippen molar-refractivity contribution in [2.75, 3.05) is 19.6 Å². The molecule has 3 atom stereocenters. The van der Waals surface area contributed by atoms with E-state index in [4.69, 9.17) is 0 Å². The monoisotopic (exact) mass is 252 g/mol. The molecule has 0 aromatic carbocycles. The molecule has 3 unspecified atom stereocenters. The fourth-order valence-corrected chi connectivity index (χ4v) is 3.51. The van der Waals surface area contributed by atoms with Crippen molar-refractivity contribution in [3.63, 3.8) is 0 Å². The van der Waals surface area contributed by atoms with Crippen LogP contribution in [-0.4, -0.2) is 36.6 Å². The molecule has 0 aromatic rings. The smallest absolute Gasteiger partial charge is 0.0223 e. The van der Waals surface area contributed by atoms with Gasteiger partial charge in [0.2, 0.25) is 0 Å². The van der Waals surface area contributed by atoms with Crippen LogP contribution in [0.4, 0.5) is 0 Å². The Morgan fingerprint density at radius 3 is 2.50 bits per heavy atom. The Kier molecular flexibility index (Phi) is 5.08. The topological polar surface area (TPSA) is 15.3 Å². The van der Waals surface area contributed by atoms with Crippen LogP contribution in [-0.2, 0) is 0 Å². The van der Waals surface area contributed by atoms with E-state index in [0.29, 0.717) is 0 Å². The van der Waals surface area contributed by atoms with Crippen molar-refractivity contribution in [1.82, 2.24) is 10.2 Å². The fourth-order valence-electron chi connectivity index (χ4n) is 3.51. The van der Waals surface area contributed by atoms with Crippen LogP contribution in [0.25, 0.3) is 0 Å². The number of hydrogen-bond acceptors (Lipinski definition) is 2. The lowest BCUT2D eigenvalue weighted by molar-refractivity contribution is 0.165. The third-order valence-electron chi connectivity index (χ3n) is 4.63. The molecule has 2 heteroatoms. The van der Waals surface area contributed by atoms with E-state index in [1.165, 1.54) is 45.3 Å². The Hall–Kier alpha value is -0.0800. The van der Waals surface area contributed by atoms with Crippen molar-refractivity contribution >= 4 is 0 Å². The van der Waals surface area contributed by atoms with Gasteiger partial charge in [0.25, 0.3) is 0 Å². The SMILES string of the molecule is CC(C)CC(C)CN1CC(C2CC2)NCCC1C. The Labute approximate surface area is 114 Å². The number of hydrogen-bond donors (Lipinski definition) is 1. The molecule has 2 aliphatic rings. The summed E-state index contributed by atoms with van der Waals surface area (Å²) < 4.78 is 0. The van der Waals surface area contributed by atoms with E-state index in [9.17, 15) is 0 Å². The minimum absolute atomic E-state index is 0.760. The zero-order valence-electron chi connectivity index (χ0n) is 12.8. The number of nitrogens with one attached hydrogen (secondary N) is 1. The summed E-state index contributed by atoms with van der Waals surface area (Å²) in [6.07, 6.45) is 5.60. The van der Waals surface area contributed by atoms with E-state index in [-0.39, 0.29) is 0 Å². The molecule has 0 bridgehead atoms. The summed E-state index contributed by atoms with van der Waals surface area (Å²) in [7, 11) is 0. The van der Waals surface area contributed by atoms with E-state index in [1.54, 1.807) is 0 Å². The lowest BCUT2D eigenvalue weighted by atomic mass is 9.97. The minimum Gasteiger partial charge on any atom is -0.312 e. The van der Waals surface area contributed by atoms with Crippen LogP contribution in [0.3, 0.4) is 0 Å². The van der Waals surface area contributed by atoms with Crippen LogP contribution in [0.15, 0.2) is 0 Å². The number of nitrogens with zero attached hydrogens (tertiary/aromatic N) is 1. The Bertz CT molecular complexity index is 247. The first-order chi connectivity index (χ1) is 8.56. The molecule has 1 N–H and O–H groups in total. The Balaban J connectivity index is 1.86. The second-order valence-corrected chi connectivity index (χ2v) is 7.22. The molecule has 18 heavy (non-hydrogen) atoms. The highest BCUT2D eigenvalue weighted by molar-refractivity contribution is 4.91. The lowest BCUT2D eigenvalue weighted by Crippen LogP contribution is -2.43. The van der Waals surface area contributed by atoms with Crippen molar-refractivity contribution in [2.45, 2.75) is 65.5 Å². The maximum Gasteiger partial charge on any atom is 0.0223 e. The van der Waals surface area contributed by atoms with Crippen molar-refractivity contribution < 1.29 is 0 Å². The summed E-state index contributed by atoms with van der Waals surface area (Å²) >= 11 is 0. The van der Waals surface area contributed by atoms with Gasteiger partial charge in [-0.25, -0.2) is 0 Å². The Morgan fingerprint density at radius 2 is 1.89 bits per heavy atom. The third-order valence-corrected chi connectivity index (χ3v) is 4.63. The summed E-state index contributed by atoms with van der Waals surface area (Å²) in [5.74, 6) is 2.66. The van der Waals surface area contributed by atoms with Crippen LogP contribution >= 0.6 is 0 Å². The van der Waals surface area contributed by atoms with Gasteiger partial charge < -0.3 is 5.32 Å². The standard InChI is InChI=1S/C16H32N2/c1-12(2)9-13(3)10-18-11-16(15-5-6-15)17-8-7-14(18)4/h12-17H,5-11H2,1-4H3. The summed E-state index contributed by atoms with van der Waals surface area (Å²) in [6.45, 7) is 13.3. The van der Waals surface area contributed by atoms with Gasteiger partial charge >= 0.3 is 0 Å². The average molecular weight is 252 g/mol. The number of rotatable bonds is 5. The molecule has 0 spiro atoms. The first-order valence-electron chi connectivity index (χ1n) is 8.03. The van der Waals surface area contributed by atoms with Crippen molar-refractivity contribution in [3.05, 3.63) is 0 Å². The van der Waals surface area contributed by atoms with Crippen LogP contribution < -0.4 is 5.32 Å². The molecular formula is C16H32N2. The molecule has 2 fully saturated rings. The second-order valence-electron chi connectivity index (χ2n) is 7.22. The van der Waals surface area contributed by atoms with Gasteiger partial charge in [0.15, 0.2) is 0 Å². The molecule has 2 rings (SSSR count). The van der Waals surface area contributed by atoms with Gasteiger partial charge in [0.05, 0.1) is 0 Å². The van der Waals surface area contributed by atoms with Gasteiger partial charge in [-0.3, -0.25) is 4.90 Å². The van der Waals surface area contributed by atoms with Gasteiger partial charge in [-0.1, -0.05) is 20.8 Å². The molecule has 0 aromatic heterocycles. The highest BCUT2D eigenvalue weighted by Gasteiger charge is 2.34. The largest absolute Gasteiger partial charge is 0.312 e. The molecule has 1 aliphatic carbocycles. The predicted octanol–water partition coefficient (Wildman–Crippen LogP) is 3.13. The average Bonchev–Trinajstić information content (AvgIpc) is 3.07. The van der Waals surface area contributed by atoms with E-state index < -0.39 is 0 Å². The fraction of sp³-hybridized carbons (Fsp3) is 1.00. The summed E-state index contributed by atoms with van der Waals surface area (Å²) in [5, 5.41) is 3.78. The van der Waals surface area contributed by atoms with Crippen LogP contribution in [0.2, 0.25) is 0 Å². The highest BCUT2D eigenvalue weighted by atomic mass is 15.2. The maximum absolute atomic E-state index is 3.78. The van der Waals surface area contributed by atoms with E-state index in [2.05, 4.69) is 37.9 Å². The zero-order valence-corrected chi connectivity index (χ0v) is 12.8. The quantitative estimate of drug-likeness (QED) is 0.809. The second kappa shape index (κ2) is 6.38. The molecule has 1 saturated carbocycles. The lowest BCUT2D eigenvalue weighted by Gasteiger charge is -2.32.